The molecule has 0 amide bonds. The normalized spacial score (nSPS) is 18.4. The first kappa shape index (κ1) is 12.5. The molecule has 1 N–H and O–H groups in total. The highest BCUT2D eigenvalue weighted by atomic mass is 32.2. The molecule has 1 atom stereocenters. The Labute approximate surface area is 102 Å². The van der Waals surface area contributed by atoms with E-state index >= 15 is 0 Å². The van der Waals surface area contributed by atoms with Gasteiger partial charge >= 0.3 is 0 Å². The standard InChI is InChI=1S/C12H17NO3S/c1-9(14)10-3-7-12(8-4-10)17(15,16)13(2)11-5-6-11/h3-4,7-9,11,14H,5-6H2,1-2H3. The van der Waals surface area contributed by atoms with E-state index in [1.807, 2.05) is 0 Å². The van der Waals surface area contributed by atoms with E-state index in [1.54, 1.807) is 38.2 Å². The van der Waals surface area contributed by atoms with Crippen LogP contribution >= 0.6 is 0 Å². The van der Waals surface area contributed by atoms with Gasteiger partial charge in [0, 0.05) is 13.1 Å². The van der Waals surface area contributed by atoms with Crippen molar-refractivity contribution in [2.24, 2.45) is 0 Å². The highest BCUT2D eigenvalue weighted by Gasteiger charge is 2.34. The van der Waals surface area contributed by atoms with Crippen molar-refractivity contribution in [3.8, 4) is 0 Å². The molecule has 2 rings (SSSR count). The molecule has 1 aliphatic carbocycles. The van der Waals surface area contributed by atoms with Gasteiger partial charge in [0.15, 0.2) is 0 Å². The maximum absolute atomic E-state index is 12.2. The molecule has 1 unspecified atom stereocenters. The zero-order valence-corrected chi connectivity index (χ0v) is 10.8. The Bertz CT molecular complexity index is 489. The van der Waals surface area contributed by atoms with E-state index < -0.39 is 16.1 Å². The summed E-state index contributed by atoms with van der Waals surface area (Å²) in [5.74, 6) is 0. The van der Waals surface area contributed by atoms with Crippen molar-refractivity contribution in [3.05, 3.63) is 29.8 Å². The second-order valence-electron chi connectivity index (χ2n) is 4.50. The number of aliphatic hydroxyl groups is 1. The molecule has 0 bridgehead atoms. The minimum atomic E-state index is -3.37. The average molecular weight is 255 g/mol. The van der Waals surface area contributed by atoms with Gasteiger partial charge in [-0.25, -0.2) is 8.42 Å². The van der Waals surface area contributed by atoms with Gasteiger partial charge in [0.1, 0.15) is 0 Å². The Balaban J connectivity index is 2.27. The molecule has 1 aromatic carbocycles. The van der Waals surface area contributed by atoms with Crippen molar-refractivity contribution in [2.45, 2.75) is 36.8 Å². The summed E-state index contributed by atoms with van der Waals surface area (Å²) in [4.78, 5) is 0.288. The van der Waals surface area contributed by atoms with Crippen molar-refractivity contribution in [2.75, 3.05) is 7.05 Å². The van der Waals surface area contributed by atoms with Crippen LogP contribution in [0.15, 0.2) is 29.2 Å². The number of rotatable bonds is 4. The summed E-state index contributed by atoms with van der Waals surface area (Å²) in [7, 11) is -1.75. The van der Waals surface area contributed by atoms with Crippen LogP contribution in [0, 0.1) is 0 Å². The first-order valence-corrected chi connectivity index (χ1v) is 7.13. The smallest absolute Gasteiger partial charge is 0.243 e. The van der Waals surface area contributed by atoms with E-state index in [4.69, 9.17) is 0 Å². The predicted molar refractivity (Wildman–Crippen MR) is 65.0 cm³/mol. The van der Waals surface area contributed by atoms with E-state index in [2.05, 4.69) is 0 Å². The van der Waals surface area contributed by atoms with Crippen LogP contribution in [-0.2, 0) is 10.0 Å². The molecule has 1 aliphatic rings. The van der Waals surface area contributed by atoms with Crippen molar-refractivity contribution >= 4 is 10.0 Å². The lowest BCUT2D eigenvalue weighted by Gasteiger charge is -2.16. The number of nitrogens with zero attached hydrogens (tertiary/aromatic N) is 1. The molecule has 0 radical (unpaired) electrons. The Morgan fingerprint density at radius 1 is 1.29 bits per heavy atom. The zero-order chi connectivity index (χ0) is 12.6. The Morgan fingerprint density at radius 2 is 1.82 bits per heavy atom. The summed E-state index contributed by atoms with van der Waals surface area (Å²) in [6.45, 7) is 1.65. The molecule has 0 aliphatic heterocycles. The molecular formula is C12H17NO3S. The SMILES string of the molecule is CC(O)c1ccc(S(=O)(=O)N(C)C2CC2)cc1. The lowest BCUT2D eigenvalue weighted by Crippen LogP contribution is -2.28. The van der Waals surface area contributed by atoms with Crippen LogP contribution in [0.1, 0.15) is 31.4 Å². The van der Waals surface area contributed by atoms with Crippen LogP contribution in [0.3, 0.4) is 0 Å². The first-order chi connectivity index (χ1) is 7.93. The molecular weight excluding hydrogens is 238 g/mol. The average Bonchev–Trinajstić information content (AvgIpc) is 3.12. The molecule has 94 valence electrons. The van der Waals surface area contributed by atoms with Gasteiger partial charge in [-0.2, -0.15) is 4.31 Å². The topological polar surface area (TPSA) is 57.6 Å². The zero-order valence-electron chi connectivity index (χ0n) is 10.00. The van der Waals surface area contributed by atoms with E-state index in [1.165, 1.54) is 4.31 Å². The summed E-state index contributed by atoms with van der Waals surface area (Å²) in [5, 5.41) is 9.36. The minimum absolute atomic E-state index is 0.163. The fourth-order valence-corrected chi connectivity index (χ4v) is 3.13. The first-order valence-electron chi connectivity index (χ1n) is 5.69. The largest absolute Gasteiger partial charge is 0.389 e. The lowest BCUT2D eigenvalue weighted by molar-refractivity contribution is 0.199. The van der Waals surface area contributed by atoms with E-state index in [0.717, 1.165) is 18.4 Å². The van der Waals surface area contributed by atoms with E-state index in [0.29, 0.717) is 0 Å². The van der Waals surface area contributed by atoms with E-state index in [-0.39, 0.29) is 10.9 Å². The third-order valence-corrected chi connectivity index (χ3v) is 5.02. The monoisotopic (exact) mass is 255 g/mol. The maximum atomic E-state index is 12.2. The quantitative estimate of drug-likeness (QED) is 0.887. The number of sulfonamides is 1. The molecule has 1 fully saturated rings. The van der Waals surface area contributed by atoms with Crippen molar-refractivity contribution in [3.63, 3.8) is 0 Å². The van der Waals surface area contributed by atoms with Gasteiger partial charge in [0.25, 0.3) is 0 Å². The number of benzene rings is 1. The Kier molecular flexibility index (Phi) is 3.25. The fraction of sp³-hybridized carbons (Fsp3) is 0.500. The molecule has 0 saturated heterocycles. The summed E-state index contributed by atoms with van der Waals surface area (Å²) in [6.07, 6.45) is 1.32. The van der Waals surface area contributed by atoms with Crippen LogP contribution in [0.4, 0.5) is 0 Å². The van der Waals surface area contributed by atoms with Gasteiger partial charge in [0.05, 0.1) is 11.0 Å². The third kappa shape index (κ3) is 2.51. The van der Waals surface area contributed by atoms with Gasteiger partial charge in [-0.1, -0.05) is 12.1 Å². The van der Waals surface area contributed by atoms with Crippen LogP contribution in [0.5, 0.6) is 0 Å². The molecule has 1 saturated carbocycles. The van der Waals surface area contributed by atoms with Gasteiger partial charge < -0.3 is 5.11 Å². The van der Waals surface area contributed by atoms with Gasteiger partial charge in [-0.05, 0) is 37.5 Å². The molecule has 0 heterocycles. The summed E-state index contributed by atoms with van der Waals surface area (Å²) >= 11 is 0. The minimum Gasteiger partial charge on any atom is -0.389 e. The highest BCUT2D eigenvalue weighted by Crippen LogP contribution is 2.30. The van der Waals surface area contributed by atoms with Gasteiger partial charge in [0.2, 0.25) is 10.0 Å². The maximum Gasteiger partial charge on any atom is 0.243 e. The third-order valence-electron chi connectivity index (χ3n) is 3.10. The molecule has 17 heavy (non-hydrogen) atoms. The molecule has 4 nitrogen and oxygen atoms in total. The van der Waals surface area contributed by atoms with E-state index in [9.17, 15) is 13.5 Å². The molecule has 1 aromatic rings. The molecule has 5 heteroatoms. The number of aliphatic hydroxyl groups excluding tert-OH is 1. The van der Waals surface area contributed by atoms with Crippen LogP contribution in [0.2, 0.25) is 0 Å². The van der Waals surface area contributed by atoms with Crippen molar-refractivity contribution in [1.29, 1.82) is 0 Å². The lowest BCUT2D eigenvalue weighted by atomic mass is 10.1. The summed E-state index contributed by atoms with van der Waals surface area (Å²) in [6, 6.07) is 6.57. The number of hydrogen-bond donors (Lipinski definition) is 1. The highest BCUT2D eigenvalue weighted by molar-refractivity contribution is 7.89. The predicted octanol–water partition coefficient (Wildman–Crippen LogP) is 1.52. The van der Waals surface area contributed by atoms with Crippen LogP contribution in [-0.4, -0.2) is 30.9 Å². The van der Waals surface area contributed by atoms with Crippen LogP contribution in [0.25, 0.3) is 0 Å². The van der Waals surface area contributed by atoms with Gasteiger partial charge in [-0.3, -0.25) is 0 Å². The summed E-state index contributed by atoms with van der Waals surface area (Å²) < 4.78 is 25.8. The molecule has 0 aromatic heterocycles. The second-order valence-corrected chi connectivity index (χ2v) is 6.49. The Morgan fingerprint density at radius 3 is 2.24 bits per heavy atom. The second kappa shape index (κ2) is 4.40. The molecule has 0 spiro atoms. The Hall–Kier alpha value is -0.910. The summed E-state index contributed by atoms with van der Waals surface area (Å²) in [5.41, 5.74) is 0.720. The van der Waals surface area contributed by atoms with Crippen molar-refractivity contribution < 1.29 is 13.5 Å². The van der Waals surface area contributed by atoms with Crippen molar-refractivity contribution in [1.82, 2.24) is 4.31 Å². The van der Waals surface area contributed by atoms with Gasteiger partial charge in [-0.15, -0.1) is 0 Å². The fourth-order valence-electron chi connectivity index (χ4n) is 1.72. The number of hydrogen-bond acceptors (Lipinski definition) is 3. The van der Waals surface area contributed by atoms with Crippen LogP contribution < -0.4 is 0 Å².